The Balaban J connectivity index is 1.59. The maximum Gasteiger partial charge on any atom is 0.168 e. The van der Waals surface area contributed by atoms with Gasteiger partial charge in [0, 0.05) is 12.4 Å². The van der Waals surface area contributed by atoms with Gasteiger partial charge in [0.05, 0.1) is 13.2 Å². The normalized spacial score (nSPS) is 28.4. The van der Waals surface area contributed by atoms with Crippen molar-refractivity contribution in [2.45, 2.75) is 31.5 Å². The summed E-state index contributed by atoms with van der Waals surface area (Å²) in [5.41, 5.74) is 1.50. The minimum atomic E-state index is -0.0459. The molecule has 1 aliphatic carbocycles. The molecule has 0 bridgehead atoms. The fourth-order valence-corrected chi connectivity index (χ4v) is 2.79. The summed E-state index contributed by atoms with van der Waals surface area (Å²) in [5.74, 6) is 0.910. The molecule has 1 aliphatic heterocycles. The molecule has 2 aliphatic rings. The van der Waals surface area contributed by atoms with Crippen LogP contribution in [0.5, 0.6) is 0 Å². The van der Waals surface area contributed by atoms with E-state index in [-0.39, 0.29) is 11.7 Å². The van der Waals surface area contributed by atoms with Gasteiger partial charge in [0.1, 0.15) is 5.44 Å². The SMILES string of the molecule is CCOC1CS[C@@H](COCC2=CC=CCC2)O1. The van der Waals surface area contributed by atoms with E-state index in [1.807, 2.05) is 6.92 Å². The van der Waals surface area contributed by atoms with Crippen molar-refractivity contribution < 1.29 is 14.2 Å². The van der Waals surface area contributed by atoms with E-state index in [0.29, 0.717) is 13.2 Å². The zero-order valence-electron chi connectivity index (χ0n) is 10.3. The van der Waals surface area contributed by atoms with Gasteiger partial charge in [0.2, 0.25) is 0 Å². The largest absolute Gasteiger partial charge is 0.373 e. The van der Waals surface area contributed by atoms with E-state index in [2.05, 4.69) is 18.2 Å². The third-order valence-corrected chi connectivity index (χ3v) is 3.80. The minimum Gasteiger partial charge on any atom is -0.373 e. The molecule has 1 saturated heterocycles. The third-order valence-electron chi connectivity index (χ3n) is 2.72. The predicted octanol–water partition coefficient (Wildman–Crippen LogP) is 2.73. The van der Waals surface area contributed by atoms with E-state index >= 15 is 0 Å². The fourth-order valence-electron chi connectivity index (χ4n) is 1.85. The molecular weight excluding hydrogens is 236 g/mol. The van der Waals surface area contributed by atoms with Gasteiger partial charge >= 0.3 is 0 Å². The minimum absolute atomic E-state index is 0.0459. The predicted molar refractivity (Wildman–Crippen MR) is 70.0 cm³/mol. The van der Waals surface area contributed by atoms with E-state index in [1.54, 1.807) is 11.8 Å². The second-order valence-electron chi connectivity index (χ2n) is 4.09. The Kier molecular flexibility index (Phi) is 5.58. The van der Waals surface area contributed by atoms with Crippen molar-refractivity contribution in [1.82, 2.24) is 0 Å². The highest BCUT2D eigenvalue weighted by Gasteiger charge is 2.26. The van der Waals surface area contributed by atoms with Crippen molar-refractivity contribution >= 4 is 11.8 Å². The molecule has 4 heteroatoms. The average molecular weight is 256 g/mol. The van der Waals surface area contributed by atoms with Crippen LogP contribution >= 0.6 is 11.8 Å². The second kappa shape index (κ2) is 7.21. The summed E-state index contributed by atoms with van der Waals surface area (Å²) in [6.07, 6.45) is 8.65. The van der Waals surface area contributed by atoms with Gasteiger partial charge in [-0.3, -0.25) is 0 Å². The first-order valence-corrected chi connectivity index (χ1v) is 7.24. The molecule has 0 aromatic heterocycles. The first-order chi connectivity index (χ1) is 8.38. The maximum absolute atomic E-state index is 5.68. The third kappa shape index (κ3) is 4.47. The molecule has 3 nitrogen and oxygen atoms in total. The molecule has 0 aromatic rings. The Morgan fingerprint density at radius 3 is 3.24 bits per heavy atom. The maximum atomic E-state index is 5.68. The zero-order valence-corrected chi connectivity index (χ0v) is 11.1. The molecule has 2 rings (SSSR count). The highest BCUT2D eigenvalue weighted by Crippen LogP contribution is 2.26. The number of allylic oxidation sites excluding steroid dienone is 3. The lowest BCUT2D eigenvalue weighted by molar-refractivity contribution is -0.132. The van der Waals surface area contributed by atoms with Crippen LogP contribution in [0.3, 0.4) is 0 Å². The van der Waals surface area contributed by atoms with Crippen molar-refractivity contribution in [1.29, 1.82) is 0 Å². The molecule has 1 heterocycles. The lowest BCUT2D eigenvalue weighted by Gasteiger charge is -2.14. The standard InChI is InChI=1S/C13H20O3S/c1-2-15-12-10-17-13(16-12)9-14-8-11-6-4-3-5-7-11/h3-4,6,12-13H,2,5,7-10H2,1H3/t12?,13-/m0/s1. The molecule has 0 amide bonds. The van der Waals surface area contributed by atoms with E-state index in [1.165, 1.54) is 5.57 Å². The van der Waals surface area contributed by atoms with Crippen LogP contribution < -0.4 is 0 Å². The summed E-state index contributed by atoms with van der Waals surface area (Å²) in [4.78, 5) is 0. The van der Waals surface area contributed by atoms with E-state index in [4.69, 9.17) is 14.2 Å². The number of rotatable bonds is 6. The quantitative estimate of drug-likeness (QED) is 0.730. The van der Waals surface area contributed by atoms with E-state index in [9.17, 15) is 0 Å². The van der Waals surface area contributed by atoms with Crippen LogP contribution in [0.1, 0.15) is 19.8 Å². The lowest BCUT2D eigenvalue weighted by Crippen LogP contribution is -2.19. The monoisotopic (exact) mass is 256 g/mol. The van der Waals surface area contributed by atoms with Crippen LogP contribution in [-0.4, -0.2) is 37.3 Å². The number of ether oxygens (including phenoxy) is 3. The molecule has 0 radical (unpaired) electrons. The second-order valence-corrected chi connectivity index (χ2v) is 5.28. The Hall–Kier alpha value is -0.290. The smallest absolute Gasteiger partial charge is 0.168 e. The molecule has 1 unspecified atom stereocenters. The molecule has 0 saturated carbocycles. The van der Waals surface area contributed by atoms with Crippen molar-refractivity contribution in [3.63, 3.8) is 0 Å². The average Bonchev–Trinajstić information content (AvgIpc) is 2.79. The summed E-state index contributed by atoms with van der Waals surface area (Å²) >= 11 is 1.77. The van der Waals surface area contributed by atoms with Crippen molar-refractivity contribution in [2.75, 3.05) is 25.6 Å². The van der Waals surface area contributed by atoms with Crippen LogP contribution in [0.15, 0.2) is 23.8 Å². The Morgan fingerprint density at radius 2 is 2.47 bits per heavy atom. The van der Waals surface area contributed by atoms with Crippen LogP contribution in [-0.2, 0) is 14.2 Å². The first-order valence-electron chi connectivity index (χ1n) is 6.19. The Labute approximate surface area is 107 Å². The molecule has 1 fully saturated rings. The molecular formula is C13H20O3S. The van der Waals surface area contributed by atoms with Crippen LogP contribution in [0, 0.1) is 0 Å². The summed E-state index contributed by atoms with van der Waals surface area (Å²) in [7, 11) is 0. The van der Waals surface area contributed by atoms with Crippen LogP contribution in [0.4, 0.5) is 0 Å². The highest BCUT2D eigenvalue weighted by molar-refractivity contribution is 8.00. The van der Waals surface area contributed by atoms with Crippen molar-refractivity contribution in [3.8, 4) is 0 Å². The van der Waals surface area contributed by atoms with Gasteiger partial charge in [-0.1, -0.05) is 18.2 Å². The van der Waals surface area contributed by atoms with Crippen molar-refractivity contribution in [3.05, 3.63) is 23.8 Å². The Bertz CT molecular complexity index is 288. The molecule has 96 valence electrons. The van der Waals surface area contributed by atoms with Gasteiger partial charge in [-0.25, -0.2) is 0 Å². The van der Waals surface area contributed by atoms with Crippen LogP contribution in [0.2, 0.25) is 0 Å². The highest BCUT2D eigenvalue weighted by atomic mass is 32.2. The molecule has 0 aromatic carbocycles. The number of thioether (sulfide) groups is 1. The van der Waals surface area contributed by atoms with E-state index < -0.39 is 0 Å². The lowest BCUT2D eigenvalue weighted by atomic mass is 10.1. The van der Waals surface area contributed by atoms with Crippen molar-refractivity contribution in [2.24, 2.45) is 0 Å². The fraction of sp³-hybridized carbons (Fsp3) is 0.692. The zero-order chi connectivity index (χ0) is 11.9. The van der Waals surface area contributed by atoms with Gasteiger partial charge < -0.3 is 14.2 Å². The molecule has 17 heavy (non-hydrogen) atoms. The van der Waals surface area contributed by atoms with Gasteiger partial charge in [0.25, 0.3) is 0 Å². The van der Waals surface area contributed by atoms with Gasteiger partial charge in [-0.2, -0.15) is 0 Å². The number of hydrogen-bond acceptors (Lipinski definition) is 4. The molecule has 0 spiro atoms. The summed E-state index contributed by atoms with van der Waals surface area (Å²) in [6.45, 7) is 4.07. The summed E-state index contributed by atoms with van der Waals surface area (Å²) < 4.78 is 16.8. The van der Waals surface area contributed by atoms with E-state index in [0.717, 1.165) is 25.2 Å². The summed E-state index contributed by atoms with van der Waals surface area (Å²) in [6, 6.07) is 0. The molecule has 0 N–H and O–H groups in total. The summed E-state index contributed by atoms with van der Waals surface area (Å²) in [5, 5.41) is 0. The topological polar surface area (TPSA) is 27.7 Å². The first kappa shape index (κ1) is 13.1. The van der Waals surface area contributed by atoms with Gasteiger partial charge in [-0.05, 0) is 25.3 Å². The van der Waals surface area contributed by atoms with Gasteiger partial charge in [-0.15, -0.1) is 11.8 Å². The Morgan fingerprint density at radius 1 is 1.53 bits per heavy atom. The van der Waals surface area contributed by atoms with Crippen LogP contribution in [0.25, 0.3) is 0 Å². The molecule has 2 atom stereocenters. The number of hydrogen-bond donors (Lipinski definition) is 0. The van der Waals surface area contributed by atoms with Gasteiger partial charge in [0.15, 0.2) is 6.29 Å².